The van der Waals surface area contributed by atoms with Gasteiger partial charge in [0.05, 0.1) is 25.0 Å². The smallest absolute Gasteiger partial charge is 0.488 e. The van der Waals surface area contributed by atoms with E-state index in [1.54, 1.807) is 23.4 Å². The number of hydrogen-bond donors (Lipinski definition) is 2. The minimum absolute atomic E-state index is 0.0156. The van der Waals surface area contributed by atoms with Crippen molar-refractivity contribution >= 4 is 17.6 Å². The van der Waals surface area contributed by atoms with Gasteiger partial charge in [0.2, 0.25) is 5.91 Å². The number of aromatic nitrogens is 1. The molecule has 1 amide bonds. The number of nitrogens with two attached hydrogens (primary N) is 1. The Morgan fingerprint density at radius 3 is 2.62 bits per heavy atom. The largest absolute Gasteiger partial charge is 0.490 e. The van der Waals surface area contributed by atoms with Crippen LogP contribution in [0.1, 0.15) is 0 Å². The van der Waals surface area contributed by atoms with Crippen LogP contribution in [0.15, 0.2) is 18.5 Å². The Kier molecular flexibility index (Phi) is 5.47. The highest BCUT2D eigenvalue weighted by Crippen LogP contribution is 2.29. The van der Waals surface area contributed by atoms with Gasteiger partial charge in [-0.3, -0.25) is 9.78 Å². The first-order chi connectivity index (χ1) is 9.77. The second kappa shape index (κ2) is 6.88. The molecule has 1 aromatic rings. The normalized spacial score (nSPS) is 13.4. The average Bonchev–Trinajstić information content (AvgIpc) is 2.45. The predicted molar refractivity (Wildman–Crippen MR) is 64.8 cm³/mol. The highest BCUT2D eigenvalue weighted by atomic mass is 19.4. The van der Waals surface area contributed by atoms with Gasteiger partial charge in [-0.25, -0.2) is 4.79 Å². The Bertz CT molecular complexity index is 522. The number of amides is 1. The molecule has 10 heteroatoms. The maximum atomic E-state index is 11.5. The highest BCUT2D eigenvalue weighted by molar-refractivity contribution is 5.96. The molecule has 1 aliphatic heterocycles. The number of ether oxygens (including phenoxy) is 1. The maximum Gasteiger partial charge on any atom is 0.490 e. The fourth-order valence-electron chi connectivity index (χ4n) is 1.44. The Hall–Kier alpha value is -2.36. The molecule has 0 spiro atoms. The Labute approximate surface area is 117 Å². The summed E-state index contributed by atoms with van der Waals surface area (Å²) in [5.41, 5.74) is 6.06. The van der Waals surface area contributed by atoms with Crippen LogP contribution in [-0.4, -0.2) is 47.8 Å². The molecule has 7 nitrogen and oxygen atoms in total. The van der Waals surface area contributed by atoms with E-state index in [0.717, 1.165) is 5.69 Å². The quantitative estimate of drug-likeness (QED) is 0.778. The van der Waals surface area contributed by atoms with Crippen molar-refractivity contribution < 1.29 is 32.6 Å². The van der Waals surface area contributed by atoms with Crippen molar-refractivity contribution in [1.29, 1.82) is 0 Å². The SMILES string of the molecule is NCC(=O)N1CCOc2cnccc21.O=C(O)C(F)(F)F. The summed E-state index contributed by atoms with van der Waals surface area (Å²) in [5, 5.41) is 7.12. The van der Waals surface area contributed by atoms with E-state index in [1.807, 2.05) is 0 Å². The second-order valence-electron chi connectivity index (χ2n) is 3.74. The van der Waals surface area contributed by atoms with Gasteiger partial charge in [-0.05, 0) is 6.07 Å². The number of carboxylic acid groups (broad SMARTS) is 1. The topological polar surface area (TPSA) is 106 Å². The van der Waals surface area contributed by atoms with Crippen molar-refractivity contribution in [3.8, 4) is 5.75 Å². The van der Waals surface area contributed by atoms with E-state index in [-0.39, 0.29) is 12.5 Å². The van der Waals surface area contributed by atoms with E-state index in [4.69, 9.17) is 20.4 Å². The van der Waals surface area contributed by atoms with Gasteiger partial charge in [-0.15, -0.1) is 0 Å². The van der Waals surface area contributed by atoms with E-state index in [2.05, 4.69) is 4.98 Å². The van der Waals surface area contributed by atoms with E-state index in [0.29, 0.717) is 18.9 Å². The van der Waals surface area contributed by atoms with Crippen LogP contribution in [0.25, 0.3) is 0 Å². The fourth-order valence-corrected chi connectivity index (χ4v) is 1.44. The molecule has 1 aromatic heterocycles. The molecule has 0 saturated heterocycles. The average molecular weight is 307 g/mol. The molecule has 116 valence electrons. The maximum absolute atomic E-state index is 11.5. The third kappa shape index (κ3) is 4.60. The zero-order chi connectivity index (χ0) is 16.0. The van der Waals surface area contributed by atoms with E-state index in [1.165, 1.54) is 0 Å². The van der Waals surface area contributed by atoms with Crippen molar-refractivity contribution in [2.24, 2.45) is 5.73 Å². The number of hydrogen-bond acceptors (Lipinski definition) is 5. The third-order valence-electron chi connectivity index (χ3n) is 2.34. The number of rotatable bonds is 1. The Morgan fingerprint density at radius 1 is 1.48 bits per heavy atom. The van der Waals surface area contributed by atoms with Crippen molar-refractivity contribution in [1.82, 2.24) is 4.98 Å². The standard InChI is InChI=1S/C9H11N3O2.C2HF3O2/c10-5-9(13)12-3-4-14-8-6-11-2-1-7(8)12;3-2(4,5)1(6)7/h1-2,6H,3-5,10H2;(H,6,7). The minimum Gasteiger partial charge on any atom is -0.488 e. The van der Waals surface area contributed by atoms with Gasteiger partial charge in [0.15, 0.2) is 5.75 Å². The number of carbonyl (C=O) groups excluding carboxylic acids is 1. The molecule has 0 aliphatic carbocycles. The number of pyridine rings is 1. The molecular formula is C11H12F3N3O4. The third-order valence-corrected chi connectivity index (χ3v) is 2.34. The Morgan fingerprint density at radius 2 is 2.10 bits per heavy atom. The zero-order valence-electron chi connectivity index (χ0n) is 10.6. The van der Waals surface area contributed by atoms with E-state index in [9.17, 15) is 18.0 Å². The van der Waals surface area contributed by atoms with Crippen LogP contribution in [0.3, 0.4) is 0 Å². The van der Waals surface area contributed by atoms with E-state index >= 15 is 0 Å². The Balaban J connectivity index is 0.000000270. The number of nitrogens with zero attached hydrogens (tertiary/aromatic N) is 2. The van der Waals surface area contributed by atoms with Gasteiger partial charge >= 0.3 is 12.1 Å². The molecule has 3 N–H and O–H groups in total. The first-order valence-corrected chi connectivity index (χ1v) is 5.64. The second-order valence-corrected chi connectivity index (χ2v) is 3.74. The summed E-state index contributed by atoms with van der Waals surface area (Å²) >= 11 is 0. The van der Waals surface area contributed by atoms with Gasteiger partial charge in [0, 0.05) is 6.20 Å². The van der Waals surface area contributed by atoms with Crippen molar-refractivity contribution in [2.45, 2.75) is 6.18 Å². The number of alkyl halides is 3. The summed E-state index contributed by atoms with van der Waals surface area (Å²) in [5.74, 6) is -2.21. The molecular weight excluding hydrogens is 295 g/mol. The van der Waals surface area contributed by atoms with Crippen LogP contribution < -0.4 is 15.4 Å². The summed E-state index contributed by atoms with van der Waals surface area (Å²) < 4.78 is 37.1. The summed E-state index contributed by atoms with van der Waals surface area (Å²) in [6.07, 6.45) is -1.85. The first kappa shape index (κ1) is 16.7. The lowest BCUT2D eigenvalue weighted by Crippen LogP contribution is -2.41. The van der Waals surface area contributed by atoms with Gasteiger partial charge in [-0.1, -0.05) is 0 Å². The molecule has 0 bridgehead atoms. The van der Waals surface area contributed by atoms with Crippen molar-refractivity contribution in [3.63, 3.8) is 0 Å². The van der Waals surface area contributed by atoms with Gasteiger partial charge in [-0.2, -0.15) is 13.2 Å². The van der Waals surface area contributed by atoms with Crippen molar-refractivity contribution in [3.05, 3.63) is 18.5 Å². The molecule has 0 radical (unpaired) electrons. The molecule has 1 aliphatic rings. The summed E-state index contributed by atoms with van der Waals surface area (Å²) in [4.78, 5) is 25.9. The predicted octanol–water partition coefficient (Wildman–Crippen LogP) is 0.399. The first-order valence-electron chi connectivity index (χ1n) is 5.64. The lowest BCUT2D eigenvalue weighted by molar-refractivity contribution is -0.192. The fraction of sp³-hybridized carbons (Fsp3) is 0.364. The van der Waals surface area contributed by atoms with E-state index < -0.39 is 12.1 Å². The molecule has 0 saturated carbocycles. The monoisotopic (exact) mass is 307 g/mol. The number of aliphatic carboxylic acids is 1. The molecule has 0 aromatic carbocycles. The molecule has 21 heavy (non-hydrogen) atoms. The molecule has 0 unspecified atom stereocenters. The minimum atomic E-state index is -5.08. The lowest BCUT2D eigenvalue weighted by Gasteiger charge is -2.28. The highest BCUT2D eigenvalue weighted by Gasteiger charge is 2.38. The molecule has 2 heterocycles. The molecule has 2 rings (SSSR count). The number of carboxylic acids is 1. The lowest BCUT2D eigenvalue weighted by atomic mass is 10.3. The van der Waals surface area contributed by atoms with Crippen LogP contribution in [-0.2, 0) is 9.59 Å². The van der Waals surface area contributed by atoms with Gasteiger partial charge < -0.3 is 20.5 Å². The van der Waals surface area contributed by atoms with Crippen LogP contribution in [0.4, 0.5) is 18.9 Å². The number of fused-ring (bicyclic) bond motifs is 1. The van der Waals surface area contributed by atoms with Gasteiger partial charge in [0.1, 0.15) is 6.61 Å². The molecule has 0 fully saturated rings. The number of carbonyl (C=O) groups is 2. The number of anilines is 1. The summed E-state index contributed by atoms with van der Waals surface area (Å²) in [7, 11) is 0. The number of halogens is 3. The van der Waals surface area contributed by atoms with Crippen LogP contribution in [0.2, 0.25) is 0 Å². The van der Waals surface area contributed by atoms with Crippen molar-refractivity contribution in [2.75, 3.05) is 24.6 Å². The summed E-state index contributed by atoms with van der Waals surface area (Å²) in [6, 6.07) is 1.75. The van der Waals surface area contributed by atoms with Crippen LogP contribution in [0, 0.1) is 0 Å². The molecule has 0 atom stereocenters. The zero-order valence-corrected chi connectivity index (χ0v) is 10.6. The van der Waals surface area contributed by atoms with Crippen LogP contribution in [0.5, 0.6) is 5.75 Å². The summed E-state index contributed by atoms with van der Waals surface area (Å²) in [6.45, 7) is 1.05. The van der Waals surface area contributed by atoms with Crippen LogP contribution >= 0.6 is 0 Å². The van der Waals surface area contributed by atoms with Gasteiger partial charge in [0.25, 0.3) is 0 Å².